The average molecular weight is 446 g/mol. The van der Waals surface area contributed by atoms with Gasteiger partial charge >= 0.3 is 6.18 Å². The van der Waals surface area contributed by atoms with Crippen LogP contribution in [-0.4, -0.2) is 27.3 Å². The van der Waals surface area contributed by atoms with Gasteiger partial charge in [0.05, 0.1) is 35.2 Å². The van der Waals surface area contributed by atoms with Crippen LogP contribution in [0.25, 0.3) is 16.9 Å². The zero-order chi connectivity index (χ0) is 23.8. The van der Waals surface area contributed by atoms with E-state index < -0.39 is 17.8 Å². The number of carbonyl (C=O) groups excluding carboxylic acids is 1. The number of halogens is 3. The Bertz CT molecular complexity index is 1440. The highest BCUT2D eigenvalue weighted by molar-refractivity contribution is 6.04. The fourth-order valence-electron chi connectivity index (χ4n) is 3.29. The van der Waals surface area contributed by atoms with E-state index in [4.69, 9.17) is 10.5 Å². The third-order valence-electron chi connectivity index (χ3n) is 4.97. The molecule has 0 spiro atoms. The second-order valence-corrected chi connectivity index (χ2v) is 7.02. The summed E-state index contributed by atoms with van der Waals surface area (Å²) in [6.07, 6.45) is -2.45. The molecule has 0 saturated carbocycles. The lowest BCUT2D eigenvalue weighted by molar-refractivity contribution is -0.140. The zero-order valence-corrected chi connectivity index (χ0v) is 17.0. The molecule has 4 rings (SSSR count). The summed E-state index contributed by atoms with van der Waals surface area (Å²) in [5, 5.41) is 17.9. The number of alkyl halides is 3. The minimum Gasteiger partial charge on any atom is -0.310 e. The third-order valence-corrected chi connectivity index (χ3v) is 4.97. The van der Waals surface area contributed by atoms with Gasteiger partial charge in [-0.1, -0.05) is 12.1 Å². The van der Waals surface area contributed by atoms with Crippen molar-refractivity contribution in [3.8, 4) is 23.4 Å². The summed E-state index contributed by atoms with van der Waals surface area (Å²) in [7, 11) is 1.49. The molecule has 0 saturated heterocycles. The second-order valence-electron chi connectivity index (χ2n) is 7.02. The first-order valence-electron chi connectivity index (χ1n) is 9.47. The SMILES string of the molecule is CN(C(=O)c1cn2c(-c3ccc(C#N)cc3)c(C(F)(F)F)nc2cn1)c1ccc(C#N)cc1. The lowest BCUT2D eigenvalue weighted by Gasteiger charge is -2.17. The number of nitrogens with zero attached hydrogens (tertiary/aromatic N) is 6. The van der Waals surface area contributed by atoms with Crippen LogP contribution in [0.15, 0.2) is 60.9 Å². The van der Waals surface area contributed by atoms with E-state index in [9.17, 15) is 18.0 Å². The lowest BCUT2D eigenvalue weighted by atomic mass is 10.1. The largest absolute Gasteiger partial charge is 0.435 e. The molecule has 7 nitrogen and oxygen atoms in total. The summed E-state index contributed by atoms with van der Waals surface area (Å²) < 4.78 is 42.4. The second kappa shape index (κ2) is 8.09. The van der Waals surface area contributed by atoms with Crippen LogP contribution in [0.1, 0.15) is 27.3 Å². The van der Waals surface area contributed by atoms with Crippen LogP contribution in [0, 0.1) is 22.7 Å². The molecule has 0 unspecified atom stereocenters. The van der Waals surface area contributed by atoms with Gasteiger partial charge in [-0.05, 0) is 36.4 Å². The molecule has 1 amide bonds. The summed E-state index contributed by atoms with van der Waals surface area (Å²) in [5.74, 6) is -0.561. The van der Waals surface area contributed by atoms with Gasteiger partial charge in [0.1, 0.15) is 5.69 Å². The smallest absolute Gasteiger partial charge is 0.310 e. The van der Waals surface area contributed by atoms with E-state index in [2.05, 4.69) is 9.97 Å². The number of hydrogen-bond donors (Lipinski definition) is 0. The van der Waals surface area contributed by atoms with Gasteiger partial charge in [0.15, 0.2) is 11.3 Å². The van der Waals surface area contributed by atoms with Crippen LogP contribution in [0.2, 0.25) is 0 Å². The van der Waals surface area contributed by atoms with Crippen molar-refractivity contribution in [1.29, 1.82) is 10.5 Å². The molecule has 2 heterocycles. The molecule has 0 aliphatic heterocycles. The van der Waals surface area contributed by atoms with E-state index in [1.807, 2.05) is 12.1 Å². The summed E-state index contributed by atoms with van der Waals surface area (Å²) >= 11 is 0. The Kier molecular flexibility index (Phi) is 5.28. The standard InChI is InChI=1S/C23H13F3N6O/c1-31(17-8-4-15(11-28)5-9-17)22(33)18-13-32-19(12-29-18)30-21(23(24,25)26)20(32)16-6-2-14(10-27)3-7-16/h2-9,12-13H,1H3. The molecule has 0 atom stereocenters. The van der Waals surface area contributed by atoms with Crippen molar-refractivity contribution in [2.75, 3.05) is 11.9 Å². The number of anilines is 1. The highest BCUT2D eigenvalue weighted by Gasteiger charge is 2.38. The van der Waals surface area contributed by atoms with Crippen molar-refractivity contribution < 1.29 is 18.0 Å². The first-order valence-corrected chi connectivity index (χ1v) is 9.47. The third kappa shape index (κ3) is 3.98. The maximum absolute atomic E-state index is 13.7. The van der Waals surface area contributed by atoms with Gasteiger partial charge in [0, 0.05) is 24.5 Å². The lowest BCUT2D eigenvalue weighted by Crippen LogP contribution is -2.27. The number of imidazole rings is 1. The minimum atomic E-state index is -4.75. The summed E-state index contributed by atoms with van der Waals surface area (Å²) in [5.41, 5.74) is -0.200. The number of benzene rings is 2. The van der Waals surface area contributed by atoms with Crippen LogP contribution in [0.3, 0.4) is 0 Å². The number of fused-ring (bicyclic) bond motifs is 1. The predicted molar refractivity (Wildman–Crippen MR) is 112 cm³/mol. The van der Waals surface area contributed by atoms with Crippen molar-refractivity contribution in [3.63, 3.8) is 0 Å². The van der Waals surface area contributed by atoms with E-state index >= 15 is 0 Å². The highest BCUT2D eigenvalue weighted by atomic mass is 19.4. The van der Waals surface area contributed by atoms with E-state index in [1.54, 1.807) is 24.3 Å². The number of carbonyl (C=O) groups is 1. The van der Waals surface area contributed by atoms with Crippen LogP contribution in [0.4, 0.5) is 18.9 Å². The molecule has 33 heavy (non-hydrogen) atoms. The number of aromatic nitrogens is 3. The van der Waals surface area contributed by atoms with Crippen LogP contribution >= 0.6 is 0 Å². The van der Waals surface area contributed by atoms with Gasteiger partial charge < -0.3 is 4.90 Å². The highest BCUT2D eigenvalue weighted by Crippen LogP contribution is 2.37. The van der Waals surface area contributed by atoms with Gasteiger partial charge in [0.2, 0.25) is 0 Å². The van der Waals surface area contributed by atoms with Crippen LogP contribution in [0.5, 0.6) is 0 Å². The summed E-state index contributed by atoms with van der Waals surface area (Å²) in [6.45, 7) is 0. The molecular formula is C23H13F3N6O. The van der Waals surface area contributed by atoms with Gasteiger partial charge in [-0.3, -0.25) is 9.20 Å². The van der Waals surface area contributed by atoms with Crippen molar-refractivity contribution in [1.82, 2.24) is 14.4 Å². The van der Waals surface area contributed by atoms with E-state index in [-0.39, 0.29) is 22.6 Å². The molecule has 2 aromatic carbocycles. The average Bonchev–Trinajstić information content (AvgIpc) is 3.22. The normalized spacial score (nSPS) is 11.1. The molecule has 0 radical (unpaired) electrons. The molecule has 0 fully saturated rings. The monoisotopic (exact) mass is 446 g/mol. The first-order chi connectivity index (χ1) is 15.7. The number of nitriles is 2. The van der Waals surface area contributed by atoms with E-state index in [0.29, 0.717) is 16.8 Å². The Balaban J connectivity index is 1.82. The van der Waals surface area contributed by atoms with Gasteiger partial charge in [-0.25, -0.2) is 9.97 Å². The van der Waals surface area contributed by atoms with E-state index in [0.717, 1.165) is 10.6 Å². The maximum atomic E-state index is 13.7. The number of hydrogen-bond acceptors (Lipinski definition) is 5. The van der Waals surface area contributed by atoms with Crippen LogP contribution in [-0.2, 0) is 6.18 Å². The van der Waals surface area contributed by atoms with E-state index in [1.165, 1.54) is 42.4 Å². The Morgan fingerprint density at radius 2 is 1.58 bits per heavy atom. The van der Waals surface area contributed by atoms with Gasteiger partial charge in [-0.15, -0.1) is 0 Å². The zero-order valence-electron chi connectivity index (χ0n) is 17.0. The predicted octanol–water partition coefficient (Wildman–Crippen LogP) is 4.44. The van der Waals surface area contributed by atoms with Crippen molar-refractivity contribution in [2.24, 2.45) is 0 Å². The Morgan fingerprint density at radius 1 is 1.00 bits per heavy atom. The Morgan fingerprint density at radius 3 is 2.12 bits per heavy atom. The van der Waals surface area contributed by atoms with Crippen molar-refractivity contribution >= 4 is 17.2 Å². The first kappa shape index (κ1) is 21.5. The maximum Gasteiger partial charge on any atom is 0.435 e. The molecule has 0 aliphatic carbocycles. The van der Waals surface area contributed by atoms with Gasteiger partial charge in [-0.2, -0.15) is 23.7 Å². The fraction of sp³-hybridized carbons (Fsp3) is 0.0870. The summed E-state index contributed by atoms with van der Waals surface area (Å²) in [4.78, 5) is 21.9. The molecule has 2 aromatic heterocycles. The molecule has 0 bridgehead atoms. The molecule has 0 N–H and O–H groups in total. The minimum absolute atomic E-state index is 0.0840. The van der Waals surface area contributed by atoms with Gasteiger partial charge in [0.25, 0.3) is 5.91 Å². The Hall–Kier alpha value is -4.70. The molecule has 4 aromatic rings. The summed E-state index contributed by atoms with van der Waals surface area (Å²) in [6, 6.07) is 15.7. The van der Waals surface area contributed by atoms with Crippen LogP contribution < -0.4 is 4.90 Å². The molecule has 10 heteroatoms. The molecular weight excluding hydrogens is 433 g/mol. The molecule has 0 aliphatic rings. The molecule has 162 valence electrons. The number of amides is 1. The Labute approximate surface area is 185 Å². The quantitative estimate of drug-likeness (QED) is 0.464. The topological polar surface area (TPSA) is 98.1 Å². The van der Waals surface area contributed by atoms with Crippen molar-refractivity contribution in [3.05, 3.63) is 83.4 Å². The fourth-order valence-corrected chi connectivity index (χ4v) is 3.29. The number of rotatable bonds is 3. The van der Waals surface area contributed by atoms with Crippen molar-refractivity contribution in [2.45, 2.75) is 6.18 Å².